The fourth-order valence-corrected chi connectivity index (χ4v) is 1.23. The van der Waals surface area contributed by atoms with Crippen LogP contribution in [-0.4, -0.2) is 13.4 Å². The predicted molar refractivity (Wildman–Crippen MR) is 62.0 cm³/mol. The van der Waals surface area contributed by atoms with Gasteiger partial charge < -0.3 is 4.74 Å². The third-order valence-electron chi connectivity index (χ3n) is 2.05. The number of hydrogen-bond acceptors (Lipinski definition) is 2. The van der Waals surface area contributed by atoms with Crippen molar-refractivity contribution in [3.63, 3.8) is 0 Å². The van der Waals surface area contributed by atoms with E-state index in [1.807, 2.05) is 37.3 Å². The molecule has 1 aromatic carbocycles. The van der Waals surface area contributed by atoms with E-state index in [0.29, 0.717) is 0 Å². The zero-order chi connectivity index (χ0) is 11.1. The fraction of sp³-hybridized carbons (Fsp3) is 0.154. The van der Waals surface area contributed by atoms with Crippen molar-refractivity contribution < 1.29 is 9.53 Å². The maximum absolute atomic E-state index is 10.0. The lowest BCUT2D eigenvalue weighted by molar-refractivity contribution is -0.104. The Morgan fingerprint density at radius 2 is 2.00 bits per heavy atom. The van der Waals surface area contributed by atoms with Gasteiger partial charge in [-0.15, -0.1) is 0 Å². The van der Waals surface area contributed by atoms with Crippen LogP contribution in [0.25, 0.3) is 6.08 Å². The molecular formula is C13H14O2. The number of aryl methyl sites for hydroxylation is 1. The molecule has 0 saturated heterocycles. The molecule has 0 fully saturated rings. The number of carbonyl (C=O) groups is 1. The molecule has 2 heteroatoms. The van der Waals surface area contributed by atoms with Crippen LogP contribution in [-0.2, 0) is 4.79 Å². The molecule has 0 aliphatic carbocycles. The summed E-state index contributed by atoms with van der Waals surface area (Å²) in [6.07, 6.45) is 7.70. The summed E-state index contributed by atoms with van der Waals surface area (Å²) in [5, 5.41) is 0. The Morgan fingerprint density at radius 3 is 2.60 bits per heavy atom. The van der Waals surface area contributed by atoms with Crippen molar-refractivity contribution in [2.24, 2.45) is 0 Å². The Hall–Kier alpha value is -1.83. The summed E-state index contributed by atoms with van der Waals surface area (Å²) in [5.41, 5.74) is 2.26. The topological polar surface area (TPSA) is 26.3 Å². The first-order valence-electron chi connectivity index (χ1n) is 4.71. The van der Waals surface area contributed by atoms with Gasteiger partial charge in [0, 0.05) is 0 Å². The molecule has 0 aliphatic rings. The first kappa shape index (κ1) is 11.2. The zero-order valence-electron chi connectivity index (χ0n) is 8.94. The molecule has 15 heavy (non-hydrogen) atoms. The van der Waals surface area contributed by atoms with Gasteiger partial charge in [0.2, 0.25) is 0 Å². The van der Waals surface area contributed by atoms with Gasteiger partial charge in [-0.25, -0.2) is 0 Å². The summed E-state index contributed by atoms with van der Waals surface area (Å²) >= 11 is 0. The van der Waals surface area contributed by atoms with Crippen LogP contribution in [0.15, 0.2) is 36.4 Å². The summed E-state index contributed by atoms with van der Waals surface area (Å²) in [6.45, 7) is 2.02. The number of rotatable bonds is 4. The second kappa shape index (κ2) is 5.81. The minimum Gasteiger partial charge on any atom is -0.497 e. The van der Waals surface area contributed by atoms with Gasteiger partial charge in [0.1, 0.15) is 12.0 Å². The molecule has 78 valence electrons. The molecule has 0 radical (unpaired) electrons. The smallest absolute Gasteiger partial charge is 0.142 e. The van der Waals surface area contributed by atoms with Gasteiger partial charge in [0.15, 0.2) is 0 Å². The largest absolute Gasteiger partial charge is 0.497 e. The summed E-state index contributed by atoms with van der Waals surface area (Å²) in [5.74, 6) is 0.855. The van der Waals surface area contributed by atoms with Crippen molar-refractivity contribution in [2.75, 3.05) is 7.11 Å². The van der Waals surface area contributed by atoms with Crippen LogP contribution in [0.3, 0.4) is 0 Å². The van der Waals surface area contributed by atoms with E-state index in [0.717, 1.165) is 23.2 Å². The highest BCUT2D eigenvalue weighted by atomic mass is 16.5. The third-order valence-corrected chi connectivity index (χ3v) is 2.05. The van der Waals surface area contributed by atoms with Gasteiger partial charge in [-0.3, -0.25) is 4.79 Å². The molecular weight excluding hydrogens is 188 g/mol. The Morgan fingerprint density at radius 1 is 1.20 bits per heavy atom. The van der Waals surface area contributed by atoms with Crippen LogP contribution >= 0.6 is 0 Å². The normalized spacial score (nSPS) is 11.1. The summed E-state index contributed by atoms with van der Waals surface area (Å²) in [6, 6.07) is 5.87. The first-order chi connectivity index (χ1) is 7.27. The molecule has 0 saturated carbocycles. The Kier molecular flexibility index (Phi) is 4.35. The molecule has 0 heterocycles. The van der Waals surface area contributed by atoms with E-state index in [2.05, 4.69) is 0 Å². The average Bonchev–Trinajstić information content (AvgIpc) is 2.26. The highest BCUT2D eigenvalue weighted by Gasteiger charge is 1.95. The molecule has 0 spiro atoms. The van der Waals surface area contributed by atoms with Gasteiger partial charge in [0.25, 0.3) is 0 Å². The molecule has 1 aromatic rings. The van der Waals surface area contributed by atoms with Crippen molar-refractivity contribution in [2.45, 2.75) is 6.92 Å². The lowest BCUT2D eigenvalue weighted by Gasteiger charge is -2.03. The molecule has 0 amide bonds. The molecule has 0 aromatic heterocycles. The number of aldehydes is 1. The number of carbonyl (C=O) groups excluding carboxylic acids is 1. The van der Waals surface area contributed by atoms with Crippen LogP contribution in [0.1, 0.15) is 11.1 Å². The monoisotopic (exact) mass is 202 g/mol. The zero-order valence-corrected chi connectivity index (χ0v) is 8.94. The second-order valence-corrected chi connectivity index (χ2v) is 3.10. The lowest BCUT2D eigenvalue weighted by atomic mass is 10.1. The molecule has 0 aliphatic heterocycles. The van der Waals surface area contributed by atoms with Gasteiger partial charge in [-0.05, 0) is 36.3 Å². The predicted octanol–water partition coefficient (Wildman–Crippen LogP) is 2.77. The lowest BCUT2D eigenvalue weighted by Crippen LogP contribution is -1.85. The minimum atomic E-state index is 0.755. The number of ether oxygens (including phenoxy) is 1. The molecule has 0 unspecified atom stereocenters. The molecule has 0 N–H and O–H groups in total. The van der Waals surface area contributed by atoms with Gasteiger partial charge in [0.05, 0.1) is 7.11 Å². The highest BCUT2D eigenvalue weighted by Crippen LogP contribution is 2.17. The maximum Gasteiger partial charge on any atom is 0.142 e. The Bertz CT molecular complexity index is 390. The highest BCUT2D eigenvalue weighted by molar-refractivity contribution is 5.66. The fourth-order valence-electron chi connectivity index (χ4n) is 1.23. The average molecular weight is 202 g/mol. The maximum atomic E-state index is 10.0. The summed E-state index contributed by atoms with van der Waals surface area (Å²) < 4.78 is 5.11. The van der Waals surface area contributed by atoms with Crippen LogP contribution in [0.2, 0.25) is 0 Å². The van der Waals surface area contributed by atoms with E-state index in [4.69, 9.17) is 4.74 Å². The van der Waals surface area contributed by atoms with Crippen molar-refractivity contribution >= 4 is 12.4 Å². The van der Waals surface area contributed by atoms with E-state index in [1.165, 1.54) is 6.08 Å². The summed E-state index contributed by atoms with van der Waals surface area (Å²) in [7, 11) is 1.65. The molecule has 0 bridgehead atoms. The van der Waals surface area contributed by atoms with Crippen molar-refractivity contribution in [3.8, 4) is 5.75 Å². The molecule has 1 rings (SSSR count). The van der Waals surface area contributed by atoms with E-state index < -0.39 is 0 Å². The minimum absolute atomic E-state index is 0.755. The number of benzene rings is 1. The summed E-state index contributed by atoms with van der Waals surface area (Å²) in [4.78, 5) is 10.0. The van der Waals surface area contributed by atoms with Crippen LogP contribution in [0, 0.1) is 6.92 Å². The number of methoxy groups -OCH3 is 1. The standard InChI is InChI=1S/C13H14O2/c1-11-10-13(15-2)8-7-12(11)6-4-3-5-9-14/h3-10H,1-2H3/b5-3+,6-4+. The van der Waals surface area contributed by atoms with Gasteiger partial charge in [-0.2, -0.15) is 0 Å². The quantitative estimate of drug-likeness (QED) is 0.426. The van der Waals surface area contributed by atoms with Crippen LogP contribution < -0.4 is 4.74 Å². The van der Waals surface area contributed by atoms with E-state index in [1.54, 1.807) is 13.2 Å². The molecule has 2 nitrogen and oxygen atoms in total. The van der Waals surface area contributed by atoms with Crippen LogP contribution in [0.5, 0.6) is 5.75 Å². The van der Waals surface area contributed by atoms with E-state index in [9.17, 15) is 4.79 Å². The van der Waals surface area contributed by atoms with Gasteiger partial charge >= 0.3 is 0 Å². The van der Waals surface area contributed by atoms with Gasteiger partial charge in [-0.1, -0.05) is 24.3 Å². The second-order valence-electron chi connectivity index (χ2n) is 3.10. The first-order valence-corrected chi connectivity index (χ1v) is 4.71. The Labute approximate surface area is 89.9 Å². The van der Waals surface area contributed by atoms with Crippen molar-refractivity contribution in [1.29, 1.82) is 0 Å². The Balaban J connectivity index is 2.82. The van der Waals surface area contributed by atoms with Crippen molar-refractivity contribution in [3.05, 3.63) is 47.6 Å². The van der Waals surface area contributed by atoms with E-state index >= 15 is 0 Å². The number of hydrogen-bond donors (Lipinski definition) is 0. The number of allylic oxidation sites excluding steroid dienone is 3. The van der Waals surface area contributed by atoms with Crippen molar-refractivity contribution in [1.82, 2.24) is 0 Å². The molecule has 0 atom stereocenters. The van der Waals surface area contributed by atoms with E-state index in [-0.39, 0.29) is 0 Å². The van der Waals surface area contributed by atoms with Crippen LogP contribution in [0.4, 0.5) is 0 Å². The third kappa shape index (κ3) is 3.43. The SMILES string of the molecule is COc1ccc(/C=C/C=C/C=O)c(C)c1.